The van der Waals surface area contributed by atoms with E-state index < -0.39 is 0 Å². The minimum absolute atomic E-state index is 0.666. The summed E-state index contributed by atoms with van der Waals surface area (Å²) in [5, 5.41) is 7.50. The molecule has 1 aliphatic heterocycles. The number of thiocarbonyl (C=S) groups is 1. The molecule has 15 heavy (non-hydrogen) atoms. The van der Waals surface area contributed by atoms with Crippen LogP contribution in [0.25, 0.3) is 0 Å². The number of nitrogens with zero attached hydrogens (tertiary/aromatic N) is 1. The van der Waals surface area contributed by atoms with Crippen molar-refractivity contribution in [3.05, 3.63) is 0 Å². The van der Waals surface area contributed by atoms with E-state index in [4.69, 9.17) is 12.2 Å². The van der Waals surface area contributed by atoms with Gasteiger partial charge in [0.05, 0.1) is 0 Å². The van der Waals surface area contributed by atoms with Gasteiger partial charge in [0.25, 0.3) is 0 Å². The Morgan fingerprint density at radius 1 is 1.40 bits per heavy atom. The molecule has 0 aromatic rings. The smallest absolute Gasteiger partial charge is 0.166 e. The molecule has 1 heterocycles. The normalized spacial score (nSPS) is 27.4. The molecule has 4 heteroatoms. The number of nitrogens with one attached hydrogen (secondary N) is 2. The summed E-state index contributed by atoms with van der Waals surface area (Å²) in [5.41, 5.74) is 0. The first-order valence-electron chi connectivity index (χ1n) is 5.97. The van der Waals surface area contributed by atoms with E-state index >= 15 is 0 Å². The molecule has 0 aromatic heterocycles. The van der Waals surface area contributed by atoms with Crippen LogP contribution in [0.3, 0.4) is 0 Å². The molecule has 0 unspecified atom stereocenters. The first-order chi connectivity index (χ1) is 7.24. The third-order valence-electron chi connectivity index (χ3n) is 3.19. The molecule has 2 rings (SSSR count). The lowest BCUT2D eigenvalue weighted by atomic mass is 9.99. The van der Waals surface area contributed by atoms with Crippen LogP contribution in [-0.2, 0) is 0 Å². The summed E-state index contributed by atoms with van der Waals surface area (Å²) < 4.78 is 0. The predicted octanol–water partition coefficient (Wildman–Crippen LogP) is 0.955. The van der Waals surface area contributed by atoms with Crippen LogP contribution in [0.2, 0.25) is 0 Å². The highest BCUT2D eigenvalue weighted by atomic mass is 32.1. The van der Waals surface area contributed by atoms with Crippen LogP contribution in [0.1, 0.15) is 25.7 Å². The largest absolute Gasteiger partial charge is 0.362 e. The van der Waals surface area contributed by atoms with Crippen LogP contribution < -0.4 is 10.6 Å². The second kappa shape index (κ2) is 5.12. The average molecular weight is 227 g/mol. The van der Waals surface area contributed by atoms with Crippen molar-refractivity contribution in [1.82, 2.24) is 15.5 Å². The van der Waals surface area contributed by atoms with Crippen LogP contribution >= 0.6 is 12.2 Å². The summed E-state index contributed by atoms with van der Waals surface area (Å²) in [6, 6.07) is 0.666. The minimum Gasteiger partial charge on any atom is -0.362 e. The molecule has 2 N–H and O–H groups in total. The van der Waals surface area contributed by atoms with Gasteiger partial charge >= 0.3 is 0 Å². The monoisotopic (exact) mass is 227 g/mol. The summed E-state index contributed by atoms with van der Waals surface area (Å²) in [6.45, 7) is 3.49. The van der Waals surface area contributed by atoms with Crippen LogP contribution in [0.15, 0.2) is 0 Å². The Labute approximate surface area is 97.6 Å². The number of piperidine rings is 1. The fraction of sp³-hybridized carbons (Fsp3) is 0.909. The average Bonchev–Trinajstić information content (AvgIpc) is 2.99. The van der Waals surface area contributed by atoms with Crippen molar-refractivity contribution in [2.24, 2.45) is 5.92 Å². The van der Waals surface area contributed by atoms with Gasteiger partial charge in [0.15, 0.2) is 5.11 Å². The van der Waals surface area contributed by atoms with Crippen LogP contribution in [-0.4, -0.2) is 42.7 Å². The summed E-state index contributed by atoms with van der Waals surface area (Å²) >= 11 is 5.23. The van der Waals surface area contributed by atoms with E-state index in [1.807, 2.05) is 0 Å². The molecule has 0 aromatic carbocycles. The van der Waals surface area contributed by atoms with Crippen LogP contribution in [0.4, 0.5) is 0 Å². The molecule has 0 bridgehead atoms. The van der Waals surface area contributed by atoms with Gasteiger partial charge < -0.3 is 15.5 Å². The Hall–Kier alpha value is -0.350. The molecule has 3 nitrogen and oxygen atoms in total. The van der Waals surface area contributed by atoms with E-state index in [1.165, 1.54) is 38.8 Å². The highest BCUT2D eigenvalue weighted by molar-refractivity contribution is 7.80. The zero-order valence-corrected chi connectivity index (χ0v) is 10.3. The van der Waals surface area contributed by atoms with Gasteiger partial charge in [0, 0.05) is 19.1 Å². The zero-order valence-electron chi connectivity index (χ0n) is 9.46. The van der Waals surface area contributed by atoms with Crippen molar-refractivity contribution in [2.45, 2.75) is 31.7 Å². The molecule has 1 aliphatic carbocycles. The number of hydrogen-bond donors (Lipinski definition) is 2. The maximum absolute atomic E-state index is 5.23. The lowest BCUT2D eigenvalue weighted by Crippen LogP contribution is -2.43. The van der Waals surface area contributed by atoms with Crippen LogP contribution in [0.5, 0.6) is 0 Å². The van der Waals surface area contributed by atoms with Crippen molar-refractivity contribution in [3.63, 3.8) is 0 Å². The van der Waals surface area contributed by atoms with E-state index in [9.17, 15) is 0 Å². The predicted molar refractivity (Wildman–Crippen MR) is 67.0 cm³/mol. The van der Waals surface area contributed by atoms with Gasteiger partial charge in [-0.3, -0.25) is 0 Å². The van der Waals surface area contributed by atoms with Gasteiger partial charge in [0.1, 0.15) is 0 Å². The summed E-state index contributed by atoms with van der Waals surface area (Å²) in [4.78, 5) is 2.41. The summed E-state index contributed by atoms with van der Waals surface area (Å²) in [5.74, 6) is 0.766. The molecule has 0 spiro atoms. The molecule has 0 radical (unpaired) electrons. The molecule has 1 atom stereocenters. The Bertz CT molecular complexity index is 228. The number of likely N-dealkylation sites (tertiary alicyclic amines) is 1. The van der Waals surface area contributed by atoms with Crippen molar-refractivity contribution >= 4 is 17.3 Å². The second-order valence-electron chi connectivity index (χ2n) is 4.90. The SMILES string of the molecule is CN1CCC[C@H](CNC(=S)NC2CC2)C1. The van der Waals surface area contributed by atoms with E-state index in [1.54, 1.807) is 0 Å². The summed E-state index contributed by atoms with van der Waals surface area (Å²) in [6.07, 6.45) is 5.23. The first-order valence-corrected chi connectivity index (χ1v) is 6.38. The molecule has 1 saturated carbocycles. The second-order valence-corrected chi connectivity index (χ2v) is 5.31. The quantitative estimate of drug-likeness (QED) is 0.702. The fourth-order valence-corrected chi connectivity index (χ4v) is 2.39. The highest BCUT2D eigenvalue weighted by Gasteiger charge is 2.22. The zero-order chi connectivity index (χ0) is 10.7. The van der Waals surface area contributed by atoms with E-state index in [0.29, 0.717) is 6.04 Å². The van der Waals surface area contributed by atoms with Gasteiger partial charge in [0.2, 0.25) is 0 Å². The number of hydrogen-bond acceptors (Lipinski definition) is 2. The number of rotatable bonds is 3. The van der Waals surface area contributed by atoms with Gasteiger partial charge in [-0.15, -0.1) is 0 Å². The van der Waals surface area contributed by atoms with E-state index in [-0.39, 0.29) is 0 Å². The van der Waals surface area contributed by atoms with Crippen LogP contribution in [0, 0.1) is 5.92 Å². The van der Waals surface area contributed by atoms with Crippen molar-refractivity contribution < 1.29 is 0 Å². The third kappa shape index (κ3) is 3.95. The first kappa shape index (κ1) is 11.1. The Kier molecular flexibility index (Phi) is 3.81. The Morgan fingerprint density at radius 3 is 2.87 bits per heavy atom. The Balaban J connectivity index is 1.61. The Morgan fingerprint density at radius 2 is 2.20 bits per heavy atom. The molecular formula is C11H21N3S. The topological polar surface area (TPSA) is 27.3 Å². The summed E-state index contributed by atoms with van der Waals surface area (Å²) in [7, 11) is 2.20. The highest BCUT2D eigenvalue weighted by Crippen LogP contribution is 2.18. The van der Waals surface area contributed by atoms with Crippen molar-refractivity contribution in [2.75, 3.05) is 26.7 Å². The van der Waals surface area contributed by atoms with Gasteiger partial charge in [-0.1, -0.05) is 0 Å². The van der Waals surface area contributed by atoms with Gasteiger partial charge in [-0.2, -0.15) is 0 Å². The van der Waals surface area contributed by atoms with Crippen molar-refractivity contribution in [3.8, 4) is 0 Å². The maximum Gasteiger partial charge on any atom is 0.166 e. The molecule has 1 saturated heterocycles. The lowest BCUT2D eigenvalue weighted by Gasteiger charge is -2.30. The molecule has 2 fully saturated rings. The molecule has 2 aliphatic rings. The van der Waals surface area contributed by atoms with E-state index in [0.717, 1.165) is 17.6 Å². The maximum atomic E-state index is 5.23. The third-order valence-corrected chi connectivity index (χ3v) is 3.45. The van der Waals surface area contributed by atoms with Gasteiger partial charge in [-0.25, -0.2) is 0 Å². The van der Waals surface area contributed by atoms with E-state index in [2.05, 4.69) is 22.6 Å². The minimum atomic E-state index is 0.666. The van der Waals surface area contributed by atoms with Gasteiger partial charge in [-0.05, 0) is 57.4 Å². The molecule has 0 amide bonds. The van der Waals surface area contributed by atoms with Crippen molar-refractivity contribution in [1.29, 1.82) is 0 Å². The standard InChI is InChI=1S/C11H21N3S/c1-14-6-2-3-9(8-14)7-12-11(15)13-10-4-5-10/h9-10H,2-8H2,1H3,(H2,12,13,15)/t9-/m1/s1. The fourth-order valence-electron chi connectivity index (χ4n) is 2.14. The molecule has 86 valence electrons. The lowest BCUT2D eigenvalue weighted by molar-refractivity contribution is 0.210. The molecular weight excluding hydrogens is 206 g/mol.